The Bertz CT molecular complexity index is 3520. The van der Waals surface area contributed by atoms with Gasteiger partial charge in [0.25, 0.3) is 0 Å². The van der Waals surface area contributed by atoms with Gasteiger partial charge in [-0.15, -0.1) is 0 Å². The van der Waals surface area contributed by atoms with Crippen LogP contribution in [0.15, 0.2) is 135 Å². The predicted octanol–water partition coefficient (Wildman–Crippen LogP) is 10.6. The number of carbonyl (C=O) groups excluding carboxylic acids is 2. The number of nitrogens with one attached hydrogen (secondary N) is 3. The largest absolute Gasteiger partial charge is 0.494 e. The number of nitrogens with zero attached hydrogens (tertiary/aromatic N) is 10. The summed E-state index contributed by atoms with van der Waals surface area (Å²) in [6.45, 7) is 15.3. The van der Waals surface area contributed by atoms with Crippen molar-refractivity contribution in [1.82, 2.24) is 38.9 Å². The number of fused-ring (bicyclic) bond motifs is 2. The molecule has 0 bridgehead atoms. The van der Waals surface area contributed by atoms with Gasteiger partial charge in [0.05, 0.1) is 59.7 Å². The molecule has 18 nitrogen and oxygen atoms in total. The number of nitrogens with two attached hydrogens (primary N) is 1. The fourth-order valence-electron chi connectivity index (χ4n) is 11.0. The second kappa shape index (κ2) is 25.1. The molecule has 0 aliphatic carbocycles. The number of allylic oxidation sites excluding steroid dienone is 1. The molecule has 5 N–H and O–H groups in total. The standard InChI is InChI=1S/C30H33N7O2.C27H31N7O.C3H3ClO.CH4/c1-4-29(38)32-24-15-25(28(39-3)16-27(24)37-17-20(18-37)36-13-7-8-14-36)34-30-31-12-11-23(33-30)22-19-35(2)26-10-6-5-9-21(22)26;1-32-17-20(19-7-3-4-8-24(19)32)22-9-10-29-27(30-22)31-23-13-21(28)25(14-26(23)35-2)34-15-18(16-34)33-11-5-6-12-33;1-2-3(4)5;/h4-6,9-12,15-16,19-20H,1,7-8,13-14,17-18H2,2-3H3,(H,32,38)(H,31,33,34);3-4,7-10,13-14,17-18H,5-6,11-12,15-16,28H2,1-2H3,(H,29,30,31);2H,1H2;1H4. The van der Waals surface area contributed by atoms with E-state index in [2.05, 4.69) is 104 Å². The highest BCUT2D eigenvalue weighted by Gasteiger charge is 2.36. The molecule has 4 aromatic carbocycles. The second-order valence-electron chi connectivity index (χ2n) is 20.1. The highest BCUT2D eigenvalue weighted by molar-refractivity contribution is 6.66. The van der Waals surface area contributed by atoms with Crippen molar-refractivity contribution in [2.75, 3.05) is 98.1 Å². The van der Waals surface area contributed by atoms with Crippen LogP contribution >= 0.6 is 11.6 Å². The summed E-state index contributed by atoms with van der Waals surface area (Å²) in [7, 11) is 7.40. The first-order valence-corrected chi connectivity index (χ1v) is 27.0. The van der Waals surface area contributed by atoms with Gasteiger partial charge in [-0.05, 0) is 112 Å². The molecule has 4 fully saturated rings. The molecule has 12 rings (SSSR count). The quantitative estimate of drug-likeness (QED) is 0.0431. The Hall–Kier alpha value is -8.45. The van der Waals surface area contributed by atoms with Crippen molar-refractivity contribution in [1.29, 1.82) is 0 Å². The molecule has 4 aliphatic rings. The van der Waals surface area contributed by atoms with Crippen LogP contribution in [-0.2, 0) is 23.7 Å². The zero-order valence-electron chi connectivity index (χ0n) is 45.2. The summed E-state index contributed by atoms with van der Waals surface area (Å²) in [5, 5.41) is 11.4. The molecule has 4 saturated heterocycles. The van der Waals surface area contributed by atoms with Crippen molar-refractivity contribution in [3.05, 3.63) is 135 Å². The number of aryl methyl sites for hydroxylation is 2. The van der Waals surface area contributed by atoms with Crippen LogP contribution in [0.25, 0.3) is 44.3 Å². The highest BCUT2D eigenvalue weighted by atomic mass is 35.5. The first kappa shape index (κ1) is 56.3. The number of benzene rings is 4. The first-order chi connectivity index (χ1) is 38.4. The molecular weight excluding hydrogens is 1030 g/mol. The third-order valence-electron chi connectivity index (χ3n) is 15.1. The van der Waals surface area contributed by atoms with E-state index in [0.29, 0.717) is 41.1 Å². The Kier molecular flexibility index (Phi) is 17.7. The second-order valence-corrected chi connectivity index (χ2v) is 20.5. The average Bonchev–Trinajstić information content (AvgIpc) is 4.35. The minimum Gasteiger partial charge on any atom is -0.494 e. The molecule has 0 radical (unpaired) electrons. The number of anilines is 8. The molecular formula is C61H71ClN14O4. The number of nitrogen functional groups attached to an aromatic ring is 1. The lowest BCUT2D eigenvalue weighted by atomic mass is 10.0. The number of likely N-dealkylation sites (tertiary alicyclic amines) is 2. The van der Waals surface area contributed by atoms with Gasteiger partial charge in [0.1, 0.15) is 11.5 Å². The van der Waals surface area contributed by atoms with Crippen molar-refractivity contribution >= 4 is 90.6 Å². The molecule has 0 atom stereocenters. The van der Waals surface area contributed by atoms with Gasteiger partial charge in [-0.1, -0.05) is 57.0 Å². The lowest BCUT2D eigenvalue weighted by Gasteiger charge is -2.46. The summed E-state index contributed by atoms with van der Waals surface area (Å²) in [6, 6.07) is 29.4. The number of hydrogen-bond donors (Lipinski definition) is 4. The molecule has 1 amide bonds. The van der Waals surface area contributed by atoms with E-state index in [9.17, 15) is 9.59 Å². The van der Waals surface area contributed by atoms with Crippen LogP contribution < -0.4 is 41.0 Å². The molecule has 0 saturated carbocycles. The molecule has 0 unspecified atom stereocenters. The van der Waals surface area contributed by atoms with Gasteiger partial charge in [0.2, 0.25) is 23.0 Å². The summed E-state index contributed by atoms with van der Waals surface area (Å²) in [5.41, 5.74) is 17.3. The summed E-state index contributed by atoms with van der Waals surface area (Å²) in [6.07, 6.45) is 15.2. The van der Waals surface area contributed by atoms with Crippen molar-refractivity contribution in [3.63, 3.8) is 0 Å². The Morgan fingerprint density at radius 2 is 1.07 bits per heavy atom. The Morgan fingerprint density at radius 3 is 1.52 bits per heavy atom. The molecule has 4 aromatic heterocycles. The van der Waals surface area contributed by atoms with Crippen LogP contribution in [0.5, 0.6) is 11.5 Å². The molecule has 416 valence electrons. The summed E-state index contributed by atoms with van der Waals surface area (Å²) in [4.78, 5) is 50.1. The van der Waals surface area contributed by atoms with Crippen LogP contribution in [0.2, 0.25) is 0 Å². The summed E-state index contributed by atoms with van der Waals surface area (Å²) >= 11 is 4.71. The monoisotopic (exact) mass is 1100 g/mol. The minimum atomic E-state index is -0.509. The van der Waals surface area contributed by atoms with E-state index in [-0.39, 0.29) is 13.3 Å². The van der Waals surface area contributed by atoms with Gasteiger partial charge in [0.15, 0.2) is 0 Å². The number of halogens is 1. The molecule has 8 aromatic rings. The van der Waals surface area contributed by atoms with Crippen molar-refractivity contribution in [2.45, 2.75) is 45.2 Å². The molecule has 19 heteroatoms. The third-order valence-corrected chi connectivity index (χ3v) is 15.3. The minimum absolute atomic E-state index is 0. The smallest absolute Gasteiger partial charge is 0.247 e. The van der Waals surface area contributed by atoms with Gasteiger partial charge in [-0.25, -0.2) is 19.9 Å². The van der Waals surface area contributed by atoms with E-state index in [1.807, 2.05) is 74.8 Å². The fraction of sp³-hybridized carbons (Fsp3) is 0.311. The lowest BCUT2D eigenvalue weighted by molar-refractivity contribution is -0.112. The van der Waals surface area contributed by atoms with E-state index in [0.717, 1.165) is 99.6 Å². The number of ether oxygens (including phenoxy) is 2. The van der Waals surface area contributed by atoms with Crippen LogP contribution in [0.3, 0.4) is 0 Å². The first-order valence-electron chi connectivity index (χ1n) is 26.6. The van der Waals surface area contributed by atoms with E-state index in [1.54, 1.807) is 26.6 Å². The normalized spacial score (nSPS) is 15.4. The summed E-state index contributed by atoms with van der Waals surface area (Å²) in [5.74, 6) is 2.03. The number of methoxy groups -OCH3 is 2. The van der Waals surface area contributed by atoms with Gasteiger partial charge in [-0.2, -0.15) is 0 Å². The van der Waals surface area contributed by atoms with E-state index < -0.39 is 5.24 Å². The topological polar surface area (TPSA) is 189 Å². The number of hydrogen-bond acceptors (Lipinski definition) is 15. The van der Waals surface area contributed by atoms with Crippen molar-refractivity contribution in [2.24, 2.45) is 14.1 Å². The molecule has 80 heavy (non-hydrogen) atoms. The van der Waals surface area contributed by atoms with Crippen molar-refractivity contribution < 1.29 is 19.1 Å². The van der Waals surface area contributed by atoms with Crippen LogP contribution in [0.1, 0.15) is 33.1 Å². The van der Waals surface area contributed by atoms with Crippen molar-refractivity contribution in [3.8, 4) is 34.0 Å². The average molecular weight is 1100 g/mol. The number of amides is 1. The Morgan fingerprint density at radius 1 is 0.637 bits per heavy atom. The zero-order valence-corrected chi connectivity index (χ0v) is 45.9. The number of rotatable bonds is 15. The van der Waals surface area contributed by atoms with Gasteiger partial charge in [-0.3, -0.25) is 19.4 Å². The maximum absolute atomic E-state index is 12.3. The van der Waals surface area contributed by atoms with E-state index >= 15 is 0 Å². The van der Waals surface area contributed by atoms with Gasteiger partial charge < -0.3 is 50.1 Å². The number of carbonyl (C=O) groups is 2. The SMILES string of the molecule is C.C=CC(=O)Cl.C=CC(=O)Nc1cc(Nc2nccc(-c3cn(C)c4ccccc34)n2)c(OC)cc1N1CC(N2CCCC2)C1.COc1cc(N2CC(N3CCCC3)C2)c(N)cc1Nc1nccc(-c2cn(C)c3ccccc23)n1. The maximum atomic E-state index is 12.3. The molecule has 4 aliphatic heterocycles. The maximum Gasteiger partial charge on any atom is 0.247 e. The highest BCUT2D eigenvalue weighted by Crippen LogP contribution is 2.42. The Balaban J connectivity index is 0.000000177. The third kappa shape index (κ3) is 12.2. The predicted molar refractivity (Wildman–Crippen MR) is 325 cm³/mol. The van der Waals surface area contributed by atoms with Crippen LogP contribution in [0.4, 0.5) is 46.0 Å². The summed E-state index contributed by atoms with van der Waals surface area (Å²) < 4.78 is 15.7. The Labute approximate surface area is 472 Å². The fourth-order valence-corrected chi connectivity index (χ4v) is 11.0. The van der Waals surface area contributed by atoms with Gasteiger partial charge in [0, 0.05) is 122 Å². The van der Waals surface area contributed by atoms with E-state index in [1.165, 1.54) is 63.5 Å². The number of aromatic nitrogens is 6. The molecule has 8 heterocycles. The molecule has 0 spiro atoms. The van der Waals surface area contributed by atoms with Crippen LogP contribution in [-0.4, -0.2) is 129 Å². The number of para-hydroxylation sites is 2. The van der Waals surface area contributed by atoms with Crippen LogP contribution in [0, 0.1) is 0 Å². The zero-order chi connectivity index (χ0) is 55.2. The lowest BCUT2D eigenvalue weighted by Crippen LogP contribution is -2.59. The van der Waals surface area contributed by atoms with Gasteiger partial charge >= 0.3 is 0 Å². The van der Waals surface area contributed by atoms with E-state index in [4.69, 9.17) is 36.8 Å².